The third-order valence-electron chi connectivity index (χ3n) is 4.14. The first-order valence-corrected chi connectivity index (χ1v) is 8.65. The number of hydrogen-bond acceptors (Lipinski definition) is 2. The molecule has 0 amide bonds. The van der Waals surface area contributed by atoms with Gasteiger partial charge in [-0.25, -0.2) is 0 Å². The van der Waals surface area contributed by atoms with Gasteiger partial charge in [0.1, 0.15) is 5.75 Å². The van der Waals surface area contributed by atoms with Gasteiger partial charge in [-0.1, -0.05) is 32.9 Å². The van der Waals surface area contributed by atoms with E-state index in [1.54, 1.807) is 7.11 Å². The first-order valence-electron chi connectivity index (χ1n) is 6.58. The normalized spacial score (nSPS) is 28.3. The van der Waals surface area contributed by atoms with Crippen molar-refractivity contribution in [2.75, 3.05) is 19.4 Å². The summed E-state index contributed by atoms with van der Waals surface area (Å²) in [7, 11) is -0.352. The monoisotopic (exact) mass is 266 g/mol. The van der Waals surface area contributed by atoms with Crippen LogP contribution in [0.3, 0.4) is 0 Å². The SMILES string of the molecule is COc1cccc([C@@H]2CC[P@@](=O)(C(C)(C)C)C2)c1. The standard InChI is InChI=1S/C15H23O2P/c1-15(2,3)18(16)9-8-13(11-18)12-6-5-7-14(10-12)17-4/h5-7,10,13H,8-9,11H2,1-4H3/t13-,18+/m1/s1. The quantitative estimate of drug-likeness (QED) is 0.744. The minimum Gasteiger partial charge on any atom is -0.497 e. The Morgan fingerprint density at radius 2 is 2.06 bits per heavy atom. The molecule has 1 aromatic rings. The largest absolute Gasteiger partial charge is 0.497 e. The Bertz CT molecular complexity index is 474. The second kappa shape index (κ2) is 4.74. The van der Waals surface area contributed by atoms with Crippen LogP contribution in [0.2, 0.25) is 0 Å². The van der Waals surface area contributed by atoms with Crippen LogP contribution in [0.4, 0.5) is 0 Å². The van der Waals surface area contributed by atoms with E-state index in [2.05, 4.69) is 32.9 Å². The van der Waals surface area contributed by atoms with Gasteiger partial charge in [0.15, 0.2) is 0 Å². The Hall–Kier alpha value is -0.750. The second-order valence-electron chi connectivity index (χ2n) is 6.23. The highest BCUT2D eigenvalue weighted by Crippen LogP contribution is 2.65. The van der Waals surface area contributed by atoms with E-state index in [1.165, 1.54) is 5.56 Å². The van der Waals surface area contributed by atoms with Crippen molar-refractivity contribution in [3.8, 4) is 5.75 Å². The maximum Gasteiger partial charge on any atom is 0.119 e. The smallest absolute Gasteiger partial charge is 0.119 e. The Balaban J connectivity index is 2.21. The lowest BCUT2D eigenvalue weighted by Gasteiger charge is -2.27. The summed E-state index contributed by atoms with van der Waals surface area (Å²) in [5, 5.41) is -0.0549. The van der Waals surface area contributed by atoms with Gasteiger partial charge < -0.3 is 9.30 Å². The molecule has 0 spiro atoms. The van der Waals surface area contributed by atoms with E-state index in [1.807, 2.05) is 12.1 Å². The molecule has 0 bridgehead atoms. The molecule has 0 unspecified atom stereocenters. The van der Waals surface area contributed by atoms with Crippen LogP contribution in [0.25, 0.3) is 0 Å². The van der Waals surface area contributed by atoms with E-state index in [0.717, 1.165) is 24.5 Å². The summed E-state index contributed by atoms with van der Waals surface area (Å²) in [5.41, 5.74) is 1.27. The molecule has 100 valence electrons. The van der Waals surface area contributed by atoms with Crippen LogP contribution < -0.4 is 4.74 Å². The lowest BCUT2D eigenvalue weighted by atomic mass is 9.99. The molecule has 0 radical (unpaired) electrons. The predicted octanol–water partition coefficient (Wildman–Crippen LogP) is 4.34. The molecule has 0 N–H and O–H groups in total. The van der Waals surface area contributed by atoms with E-state index < -0.39 is 7.14 Å². The van der Waals surface area contributed by atoms with E-state index in [4.69, 9.17) is 4.74 Å². The molecule has 3 heteroatoms. The molecule has 1 aliphatic heterocycles. The molecule has 0 aliphatic carbocycles. The summed E-state index contributed by atoms with van der Waals surface area (Å²) in [6, 6.07) is 8.20. The zero-order valence-corrected chi connectivity index (χ0v) is 12.7. The summed E-state index contributed by atoms with van der Waals surface area (Å²) in [4.78, 5) is 0. The fourth-order valence-corrected chi connectivity index (χ4v) is 5.92. The molecule has 0 aromatic heterocycles. The average Bonchev–Trinajstić information content (AvgIpc) is 2.73. The fraction of sp³-hybridized carbons (Fsp3) is 0.600. The summed E-state index contributed by atoms with van der Waals surface area (Å²) in [6.07, 6.45) is 2.78. The maximum atomic E-state index is 12.9. The van der Waals surface area contributed by atoms with Crippen LogP contribution in [0.5, 0.6) is 5.75 Å². The fourth-order valence-electron chi connectivity index (χ4n) is 2.68. The molecule has 2 atom stereocenters. The van der Waals surface area contributed by atoms with Gasteiger partial charge >= 0.3 is 0 Å². The van der Waals surface area contributed by atoms with E-state index in [0.29, 0.717) is 5.92 Å². The Morgan fingerprint density at radius 1 is 1.33 bits per heavy atom. The molecule has 2 nitrogen and oxygen atoms in total. The summed E-state index contributed by atoms with van der Waals surface area (Å²) < 4.78 is 18.2. The van der Waals surface area contributed by atoms with Gasteiger partial charge in [-0.15, -0.1) is 0 Å². The van der Waals surface area contributed by atoms with Crippen molar-refractivity contribution in [3.63, 3.8) is 0 Å². The van der Waals surface area contributed by atoms with Crippen molar-refractivity contribution >= 4 is 7.14 Å². The van der Waals surface area contributed by atoms with Crippen LogP contribution in [-0.4, -0.2) is 24.6 Å². The second-order valence-corrected chi connectivity index (χ2v) is 10.2. The Labute approximate surface area is 110 Å². The van der Waals surface area contributed by atoms with E-state index >= 15 is 0 Å². The van der Waals surface area contributed by atoms with E-state index in [9.17, 15) is 4.57 Å². The molecule has 0 saturated carbocycles. The average molecular weight is 266 g/mol. The summed E-state index contributed by atoms with van der Waals surface area (Å²) in [6.45, 7) is 6.34. The first-order chi connectivity index (χ1) is 8.36. The predicted molar refractivity (Wildman–Crippen MR) is 77.4 cm³/mol. The minimum absolute atomic E-state index is 0.0549. The first kappa shape index (κ1) is 13.7. The van der Waals surface area contributed by atoms with Crippen molar-refractivity contribution in [3.05, 3.63) is 29.8 Å². The van der Waals surface area contributed by atoms with Gasteiger partial charge in [0, 0.05) is 17.5 Å². The number of ether oxygens (including phenoxy) is 1. The molecule has 18 heavy (non-hydrogen) atoms. The van der Waals surface area contributed by atoms with Crippen molar-refractivity contribution in [1.82, 2.24) is 0 Å². The lowest BCUT2D eigenvalue weighted by Crippen LogP contribution is -2.16. The number of methoxy groups -OCH3 is 1. The lowest BCUT2D eigenvalue weighted by molar-refractivity contribution is 0.414. The zero-order valence-electron chi connectivity index (χ0n) is 11.8. The van der Waals surface area contributed by atoms with Gasteiger partial charge in [0.05, 0.1) is 14.3 Å². The highest BCUT2D eigenvalue weighted by Gasteiger charge is 2.43. The van der Waals surface area contributed by atoms with Crippen LogP contribution in [0.15, 0.2) is 24.3 Å². The van der Waals surface area contributed by atoms with Crippen LogP contribution in [-0.2, 0) is 4.57 Å². The third-order valence-corrected chi connectivity index (χ3v) is 8.60. The van der Waals surface area contributed by atoms with Crippen molar-refractivity contribution < 1.29 is 9.30 Å². The summed E-state index contributed by atoms with van der Waals surface area (Å²) >= 11 is 0. The number of benzene rings is 1. The topological polar surface area (TPSA) is 26.3 Å². The highest BCUT2D eigenvalue weighted by molar-refractivity contribution is 7.65. The van der Waals surface area contributed by atoms with Crippen LogP contribution >= 0.6 is 7.14 Å². The van der Waals surface area contributed by atoms with Gasteiger partial charge in [-0.2, -0.15) is 0 Å². The van der Waals surface area contributed by atoms with Crippen LogP contribution in [0.1, 0.15) is 38.7 Å². The summed E-state index contributed by atoms with van der Waals surface area (Å²) in [5.74, 6) is 1.33. The van der Waals surface area contributed by atoms with Gasteiger partial charge in [0.25, 0.3) is 0 Å². The van der Waals surface area contributed by atoms with Crippen molar-refractivity contribution in [2.45, 2.75) is 38.3 Å². The molecule has 1 fully saturated rings. The molecule has 1 aliphatic rings. The highest BCUT2D eigenvalue weighted by atomic mass is 31.2. The molecule has 1 saturated heterocycles. The van der Waals surface area contributed by atoms with Crippen molar-refractivity contribution in [1.29, 1.82) is 0 Å². The maximum absolute atomic E-state index is 12.9. The van der Waals surface area contributed by atoms with Gasteiger partial charge in [0.2, 0.25) is 0 Å². The van der Waals surface area contributed by atoms with E-state index in [-0.39, 0.29) is 5.16 Å². The Morgan fingerprint density at radius 3 is 2.61 bits per heavy atom. The van der Waals surface area contributed by atoms with Gasteiger partial charge in [-0.05, 0) is 30.0 Å². The minimum atomic E-state index is -2.04. The molecular formula is C15H23O2P. The van der Waals surface area contributed by atoms with Crippen molar-refractivity contribution in [2.24, 2.45) is 0 Å². The van der Waals surface area contributed by atoms with Gasteiger partial charge in [-0.3, -0.25) is 0 Å². The molecule has 1 aromatic carbocycles. The Kier molecular flexibility index (Phi) is 3.60. The number of hydrogen-bond donors (Lipinski definition) is 0. The van der Waals surface area contributed by atoms with Crippen LogP contribution in [0, 0.1) is 0 Å². The zero-order chi connectivity index (χ0) is 13.4. The molecule has 2 rings (SSSR count). The number of rotatable bonds is 2. The molecular weight excluding hydrogens is 243 g/mol. The molecule has 1 heterocycles. The third kappa shape index (κ3) is 2.49.